The van der Waals surface area contributed by atoms with Gasteiger partial charge in [-0.15, -0.1) is 0 Å². The fourth-order valence-corrected chi connectivity index (χ4v) is 3.75. The summed E-state index contributed by atoms with van der Waals surface area (Å²) in [6.45, 7) is 0. The van der Waals surface area contributed by atoms with Crippen LogP contribution in [-0.4, -0.2) is 20.2 Å². The minimum atomic E-state index is 0.535. The van der Waals surface area contributed by atoms with E-state index < -0.39 is 0 Å². The zero-order chi connectivity index (χ0) is 22.0. The summed E-state index contributed by atoms with van der Waals surface area (Å²) in [5, 5.41) is 9.02. The molecule has 0 unspecified atom stereocenters. The number of hydrogen-bond donors (Lipinski definition) is 1. The molecule has 4 aromatic carbocycles. The monoisotopic (exact) mass is 428 g/mol. The van der Waals surface area contributed by atoms with E-state index in [2.05, 4.69) is 27.4 Å². The molecule has 0 amide bonds. The molecule has 6 nitrogen and oxygen atoms in total. The molecular weight excluding hydrogens is 410 g/mol. The van der Waals surface area contributed by atoms with E-state index in [1.807, 2.05) is 95.9 Å². The number of aromatic nitrogens is 4. The summed E-state index contributed by atoms with van der Waals surface area (Å²) in [6.07, 6.45) is 4.92. The largest absolute Gasteiger partial charge is 0.457 e. The predicted molar refractivity (Wildman–Crippen MR) is 129 cm³/mol. The smallest absolute Gasteiger partial charge is 0.235 e. The molecule has 0 aliphatic carbocycles. The second kappa shape index (κ2) is 8.09. The molecule has 1 radical (unpaired) electrons. The van der Waals surface area contributed by atoms with E-state index in [4.69, 9.17) is 9.72 Å². The third-order valence-corrected chi connectivity index (χ3v) is 5.36. The van der Waals surface area contributed by atoms with Crippen molar-refractivity contribution in [2.24, 2.45) is 0 Å². The van der Waals surface area contributed by atoms with Gasteiger partial charge in [0, 0.05) is 22.1 Å². The number of anilines is 3. The van der Waals surface area contributed by atoms with E-state index >= 15 is 0 Å². The average Bonchev–Trinajstić information content (AvgIpc) is 3.34. The highest BCUT2D eigenvalue weighted by atomic mass is 16.5. The number of para-hydroxylation sites is 2. The highest BCUT2D eigenvalue weighted by molar-refractivity contribution is 5.86. The van der Waals surface area contributed by atoms with E-state index in [1.165, 1.54) is 0 Å². The average molecular weight is 428 g/mol. The predicted octanol–water partition coefficient (Wildman–Crippen LogP) is 6.57. The molecule has 6 rings (SSSR count). The van der Waals surface area contributed by atoms with Crippen LogP contribution in [0.25, 0.3) is 21.8 Å². The molecule has 33 heavy (non-hydrogen) atoms. The molecule has 0 atom stereocenters. The van der Waals surface area contributed by atoms with Gasteiger partial charge in [0.1, 0.15) is 17.7 Å². The molecule has 0 saturated heterocycles. The maximum Gasteiger partial charge on any atom is 0.235 e. The maximum absolute atomic E-state index is 5.96. The van der Waals surface area contributed by atoms with E-state index in [1.54, 1.807) is 6.20 Å². The molecule has 0 fully saturated rings. The number of nitrogens with zero attached hydrogens (tertiary/aromatic N) is 4. The SMILES string of the molecule is [c]1nc(N(c2ccc(Oc3ccccc3)cc2)c2ccc3[nH]ncc3c2)nc2ccccc12. The van der Waals surface area contributed by atoms with Crippen LogP contribution in [0.15, 0.2) is 103 Å². The lowest BCUT2D eigenvalue weighted by atomic mass is 10.2. The van der Waals surface area contributed by atoms with Crippen LogP contribution in [0.2, 0.25) is 0 Å². The topological polar surface area (TPSA) is 66.9 Å². The van der Waals surface area contributed by atoms with Crippen molar-refractivity contribution in [2.45, 2.75) is 0 Å². The number of hydrogen-bond acceptors (Lipinski definition) is 5. The van der Waals surface area contributed by atoms with Gasteiger partial charge >= 0.3 is 0 Å². The van der Waals surface area contributed by atoms with Gasteiger partial charge in [-0.3, -0.25) is 10.00 Å². The fraction of sp³-hybridized carbons (Fsp3) is 0. The first-order valence-corrected chi connectivity index (χ1v) is 10.5. The number of nitrogens with one attached hydrogen (secondary N) is 1. The third kappa shape index (κ3) is 3.74. The number of fused-ring (bicyclic) bond motifs is 2. The Balaban J connectivity index is 1.43. The van der Waals surface area contributed by atoms with Crippen molar-refractivity contribution >= 4 is 39.1 Å². The lowest BCUT2D eigenvalue weighted by Gasteiger charge is -2.23. The van der Waals surface area contributed by atoms with Gasteiger partial charge in [0.25, 0.3) is 0 Å². The van der Waals surface area contributed by atoms with Gasteiger partial charge in [0.05, 0.1) is 17.2 Å². The van der Waals surface area contributed by atoms with Gasteiger partial charge in [-0.25, -0.2) is 9.97 Å². The van der Waals surface area contributed by atoms with Gasteiger partial charge in [0.2, 0.25) is 5.95 Å². The highest BCUT2D eigenvalue weighted by Gasteiger charge is 2.17. The van der Waals surface area contributed by atoms with Crippen molar-refractivity contribution in [1.29, 1.82) is 0 Å². The van der Waals surface area contributed by atoms with Gasteiger partial charge in [0.15, 0.2) is 0 Å². The molecule has 0 aliphatic rings. The molecule has 2 aromatic heterocycles. The minimum Gasteiger partial charge on any atom is -0.457 e. The Morgan fingerprint density at radius 1 is 0.758 bits per heavy atom. The highest BCUT2D eigenvalue weighted by Crippen LogP contribution is 2.35. The van der Waals surface area contributed by atoms with Crippen LogP contribution in [0.4, 0.5) is 17.3 Å². The molecule has 157 valence electrons. The van der Waals surface area contributed by atoms with E-state index in [9.17, 15) is 0 Å². The first-order chi connectivity index (χ1) is 16.3. The van der Waals surface area contributed by atoms with Crippen LogP contribution >= 0.6 is 0 Å². The minimum absolute atomic E-state index is 0.535. The number of aromatic amines is 1. The van der Waals surface area contributed by atoms with Crippen LogP contribution in [0.5, 0.6) is 11.5 Å². The second-order valence-corrected chi connectivity index (χ2v) is 7.54. The third-order valence-electron chi connectivity index (χ3n) is 5.36. The standard InChI is InChI=1S/C27H18N5O/c1-2-7-23(8-3-1)33-24-13-10-21(11-14-24)32(22-12-15-26-20(16-22)18-29-31-26)27-28-17-19-6-4-5-9-25(19)30-27/h1-16,18H,(H,29,31). The van der Waals surface area contributed by atoms with Crippen LogP contribution in [0.1, 0.15) is 0 Å². The van der Waals surface area contributed by atoms with Crippen LogP contribution in [-0.2, 0) is 0 Å². The normalized spacial score (nSPS) is 11.0. The van der Waals surface area contributed by atoms with Crippen molar-refractivity contribution in [3.63, 3.8) is 0 Å². The first kappa shape index (κ1) is 19.0. The van der Waals surface area contributed by atoms with Gasteiger partial charge in [-0.2, -0.15) is 5.10 Å². The Hall–Kier alpha value is -4.71. The molecule has 2 heterocycles. The van der Waals surface area contributed by atoms with Crippen LogP contribution in [0.3, 0.4) is 0 Å². The van der Waals surface area contributed by atoms with Crippen molar-refractivity contribution in [3.8, 4) is 11.5 Å². The van der Waals surface area contributed by atoms with E-state index in [0.29, 0.717) is 5.95 Å². The van der Waals surface area contributed by atoms with Crippen molar-refractivity contribution in [1.82, 2.24) is 20.2 Å². The van der Waals surface area contributed by atoms with E-state index in [0.717, 1.165) is 44.7 Å². The summed E-state index contributed by atoms with van der Waals surface area (Å²) in [5.41, 5.74) is 3.63. The molecule has 6 aromatic rings. The molecule has 1 N–H and O–H groups in total. The Morgan fingerprint density at radius 3 is 2.39 bits per heavy atom. The van der Waals surface area contributed by atoms with Crippen molar-refractivity contribution in [3.05, 3.63) is 109 Å². The van der Waals surface area contributed by atoms with Crippen molar-refractivity contribution in [2.75, 3.05) is 4.90 Å². The number of ether oxygens (including phenoxy) is 1. The number of benzene rings is 4. The summed E-state index contributed by atoms with van der Waals surface area (Å²) in [7, 11) is 0. The summed E-state index contributed by atoms with van der Waals surface area (Å²) in [5.74, 6) is 2.08. The Kier molecular flexibility index (Phi) is 4.66. The Morgan fingerprint density at radius 2 is 1.52 bits per heavy atom. The summed E-state index contributed by atoms with van der Waals surface area (Å²) < 4.78 is 5.96. The lowest BCUT2D eigenvalue weighted by Crippen LogP contribution is -2.13. The zero-order valence-electron chi connectivity index (χ0n) is 17.5. The van der Waals surface area contributed by atoms with Crippen molar-refractivity contribution < 1.29 is 4.74 Å². The van der Waals surface area contributed by atoms with Crippen LogP contribution < -0.4 is 9.64 Å². The Bertz CT molecular complexity index is 1540. The molecule has 0 bridgehead atoms. The fourth-order valence-electron chi connectivity index (χ4n) is 3.75. The molecular formula is C27H18N5O. The lowest BCUT2D eigenvalue weighted by molar-refractivity contribution is 0.483. The molecule has 6 heteroatoms. The second-order valence-electron chi connectivity index (χ2n) is 7.54. The summed E-state index contributed by atoms with van der Waals surface area (Å²) in [6, 6.07) is 31.5. The summed E-state index contributed by atoms with van der Waals surface area (Å²) >= 11 is 0. The van der Waals surface area contributed by atoms with Gasteiger partial charge < -0.3 is 4.74 Å². The van der Waals surface area contributed by atoms with Gasteiger partial charge in [-0.1, -0.05) is 36.4 Å². The number of H-pyrrole nitrogens is 1. The first-order valence-electron chi connectivity index (χ1n) is 10.5. The quantitative estimate of drug-likeness (QED) is 0.336. The molecule has 0 spiro atoms. The number of rotatable bonds is 5. The zero-order valence-corrected chi connectivity index (χ0v) is 17.5. The maximum atomic E-state index is 5.96. The van der Waals surface area contributed by atoms with Gasteiger partial charge in [-0.05, 0) is 60.7 Å². The van der Waals surface area contributed by atoms with Crippen LogP contribution in [0, 0.1) is 6.20 Å². The summed E-state index contributed by atoms with van der Waals surface area (Å²) in [4.78, 5) is 11.4. The Labute approximate surface area is 190 Å². The van der Waals surface area contributed by atoms with E-state index in [-0.39, 0.29) is 0 Å². The molecule has 0 aliphatic heterocycles. The molecule has 0 saturated carbocycles.